The zero-order valence-corrected chi connectivity index (χ0v) is 11.3. The molecule has 0 bridgehead atoms. The summed E-state index contributed by atoms with van der Waals surface area (Å²) in [7, 11) is 0. The Hall–Kier alpha value is -0.0400. The summed E-state index contributed by atoms with van der Waals surface area (Å²) in [5.41, 5.74) is 0. The van der Waals surface area contributed by atoms with Gasteiger partial charge in [0.1, 0.15) is 0 Å². The van der Waals surface area contributed by atoms with Crippen molar-refractivity contribution in [2.75, 3.05) is 6.61 Å². The highest BCUT2D eigenvalue weighted by Gasteiger charge is 2.19. The molecule has 0 aromatic rings. The number of ether oxygens (including phenoxy) is 1. The molecular weight excluding hydrogens is 196 g/mol. The summed E-state index contributed by atoms with van der Waals surface area (Å²) in [6.45, 7) is 5.57. The molecule has 1 aliphatic heterocycles. The van der Waals surface area contributed by atoms with Crippen LogP contribution in [0, 0.1) is 5.92 Å². The number of hydrogen-bond acceptors (Lipinski definition) is 1. The molecule has 1 heteroatoms. The maximum atomic E-state index is 5.85. The summed E-state index contributed by atoms with van der Waals surface area (Å²) < 4.78 is 5.85. The van der Waals surface area contributed by atoms with Gasteiger partial charge in [0.05, 0.1) is 6.10 Å². The van der Waals surface area contributed by atoms with Gasteiger partial charge in [0.2, 0.25) is 0 Å². The molecular formula is C15H29O. The van der Waals surface area contributed by atoms with Crippen molar-refractivity contribution in [3.05, 3.63) is 5.92 Å². The van der Waals surface area contributed by atoms with Crippen LogP contribution in [-0.2, 0) is 4.74 Å². The number of rotatable bonds is 8. The summed E-state index contributed by atoms with van der Waals surface area (Å²) in [4.78, 5) is 0. The topological polar surface area (TPSA) is 9.23 Å². The van der Waals surface area contributed by atoms with Crippen LogP contribution < -0.4 is 0 Å². The minimum absolute atomic E-state index is 0.553. The second-order valence-corrected chi connectivity index (χ2v) is 5.15. The van der Waals surface area contributed by atoms with E-state index in [9.17, 15) is 0 Å². The fourth-order valence-corrected chi connectivity index (χ4v) is 2.47. The zero-order valence-electron chi connectivity index (χ0n) is 11.3. The normalized spacial score (nSPS) is 21.6. The molecule has 0 N–H and O–H groups in total. The Morgan fingerprint density at radius 1 is 1.06 bits per heavy atom. The molecule has 1 nitrogen and oxygen atoms in total. The van der Waals surface area contributed by atoms with Crippen LogP contribution in [0.4, 0.5) is 0 Å². The predicted octanol–water partition coefficient (Wildman–Crippen LogP) is 4.90. The smallest absolute Gasteiger partial charge is 0.0580 e. The molecule has 0 aliphatic carbocycles. The molecule has 1 atom stereocenters. The minimum atomic E-state index is 0.553. The van der Waals surface area contributed by atoms with Crippen molar-refractivity contribution in [3.63, 3.8) is 0 Å². The highest BCUT2D eigenvalue weighted by atomic mass is 16.5. The van der Waals surface area contributed by atoms with Gasteiger partial charge in [0.15, 0.2) is 0 Å². The van der Waals surface area contributed by atoms with E-state index in [0.29, 0.717) is 6.10 Å². The van der Waals surface area contributed by atoms with Crippen LogP contribution in [0.5, 0.6) is 0 Å². The van der Waals surface area contributed by atoms with E-state index in [4.69, 9.17) is 4.74 Å². The van der Waals surface area contributed by atoms with Gasteiger partial charge in [-0.05, 0) is 44.4 Å². The van der Waals surface area contributed by atoms with E-state index in [-0.39, 0.29) is 0 Å². The second-order valence-electron chi connectivity index (χ2n) is 5.15. The van der Waals surface area contributed by atoms with E-state index < -0.39 is 0 Å². The van der Waals surface area contributed by atoms with Gasteiger partial charge in [-0.3, -0.25) is 0 Å². The second kappa shape index (κ2) is 9.04. The van der Waals surface area contributed by atoms with E-state index in [1.165, 1.54) is 64.2 Å². The van der Waals surface area contributed by atoms with Gasteiger partial charge in [-0.15, -0.1) is 0 Å². The van der Waals surface area contributed by atoms with Crippen molar-refractivity contribution < 1.29 is 4.74 Å². The van der Waals surface area contributed by atoms with E-state index in [0.717, 1.165) is 6.61 Å². The maximum absolute atomic E-state index is 5.85. The third-order valence-electron chi connectivity index (χ3n) is 3.56. The van der Waals surface area contributed by atoms with Crippen LogP contribution >= 0.6 is 0 Å². The van der Waals surface area contributed by atoms with Crippen molar-refractivity contribution in [2.45, 2.75) is 84.2 Å². The predicted molar refractivity (Wildman–Crippen MR) is 70.5 cm³/mol. The van der Waals surface area contributed by atoms with Crippen LogP contribution in [0.15, 0.2) is 0 Å². The third kappa shape index (κ3) is 5.89. The Kier molecular flexibility index (Phi) is 7.92. The first kappa shape index (κ1) is 14.0. The van der Waals surface area contributed by atoms with Crippen molar-refractivity contribution in [1.29, 1.82) is 0 Å². The fraction of sp³-hybridized carbons (Fsp3) is 0.933. The van der Waals surface area contributed by atoms with E-state index >= 15 is 0 Å². The quantitative estimate of drug-likeness (QED) is 0.571. The highest BCUT2D eigenvalue weighted by molar-refractivity contribution is 4.92. The molecule has 0 spiro atoms. The molecule has 0 saturated carbocycles. The lowest BCUT2D eigenvalue weighted by molar-refractivity contribution is 0.0123. The van der Waals surface area contributed by atoms with Gasteiger partial charge in [0.25, 0.3) is 0 Å². The molecule has 1 saturated heterocycles. The zero-order chi connectivity index (χ0) is 11.6. The van der Waals surface area contributed by atoms with Gasteiger partial charge in [-0.2, -0.15) is 0 Å². The summed E-state index contributed by atoms with van der Waals surface area (Å²) >= 11 is 0. The average molecular weight is 225 g/mol. The standard InChI is InChI=1S/C15H29O/c1-3-5-9-14(10-6-4-2)13-15-11-7-8-12-16-15/h15H,3-13H2,1-2H3. The first-order chi connectivity index (χ1) is 7.86. The van der Waals surface area contributed by atoms with Crippen molar-refractivity contribution >= 4 is 0 Å². The summed E-state index contributed by atoms with van der Waals surface area (Å²) in [6.07, 6.45) is 13.8. The molecule has 16 heavy (non-hydrogen) atoms. The molecule has 0 aromatic heterocycles. The molecule has 1 unspecified atom stereocenters. The Morgan fingerprint density at radius 3 is 2.25 bits per heavy atom. The van der Waals surface area contributed by atoms with E-state index in [1.807, 2.05) is 0 Å². The average Bonchev–Trinajstić information content (AvgIpc) is 2.34. The van der Waals surface area contributed by atoms with Gasteiger partial charge < -0.3 is 4.74 Å². The van der Waals surface area contributed by atoms with E-state index in [2.05, 4.69) is 13.8 Å². The van der Waals surface area contributed by atoms with Crippen molar-refractivity contribution in [3.8, 4) is 0 Å². The Balaban J connectivity index is 2.23. The Labute approximate surface area is 102 Å². The van der Waals surface area contributed by atoms with Gasteiger partial charge >= 0.3 is 0 Å². The number of hydrogen-bond donors (Lipinski definition) is 0. The molecule has 95 valence electrons. The minimum Gasteiger partial charge on any atom is -0.378 e. The van der Waals surface area contributed by atoms with Crippen LogP contribution in [0.3, 0.4) is 0 Å². The van der Waals surface area contributed by atoms with Gasteiger partial charge in [0, 0.05) is 6.61 Å². The summed E-state index contributed by atoms with van der Waals surface area (Å²) in [6, 6.07) is 0. The first-order valence-corrected chi connectivity index (χ1v) is 7.32. The van der Waals surface area contributed by atoms with Crippen molar-refractivity contribution in [2.24, 2.45) is 0 Å². The SMILES string of the molecule is CCCC[C](CCCC)CC1CCCCO1. The Morgan fingerprint density at radius 2 is 1.75 bits per heavy atom. The molecule has 1 heterocycles. The summed E-state index contributed by atoms with van der Waals surface area (Å²) in [5.74, 6) is 1.77. The fourth-order valence-electron chi connectivity index (χ4n) is 2.47. The lowest BCUT2D eigenvalue weighted by Crippen LogP contribution is -2.21. The van der Waals surface area contributed by atoms with Gasteiger partial charge in [-0.25, -0.2) is 0 Å². The van der Waals surface area contributed by atoms with Crippen LogP contribution in [0.1, 0.15) is 78.1 Å². The summed E-state index contributed by atoms with van der Waals surface area (Å²) in [5, 5.41) is 0. The largest absolute Gasteiger partial charge is 0.378 e. The maximum Gasteiger partial charge on any atom is 0.0580 e. The highest BCUT2D eigenvalue weighted by Crippen LogP contribution is 2.28. The number of unbranched alkanes of at least 4 members (excludes halogenated alkanes) is 2. The van der Waals surface area contributed by atoms with Gasteiger partial charge in [-0.1, -0.05) is 39.5 Å². The molecule has 1 fully saturated rings. The van der Waals surface area contributed by atoms with Crippen LogP contribution in [-0.4, -0.2) is 12.7 Å². The lowest BCUT2D eigenvalue weighted by atomic mass is 9.89. The van der Waals surface area contributed by atoms with E-state index in [1.54, 1.807) is 5.92 Å². The molecule has 1 radical (unpaired) electrons. The molecule has 0 amide bonds. The molecule has 1 aliphatic rings. The lowest BCUT2D eigenvalue weighted by Gasteiger charge is -2.26. The molecule has 1 rings (SSSR count). The third-order valence-corrected chi connectivity index (χ3v) is 3.56. The Bertz CT molecular complexity index is 142. The molecule has 0 aromatic carbocycles. The van der Waals surface area contributed by atoms with Crippen LogP contribution in [0.2, 0.25) is 0 Å². The first-order valence-electron chi connectivity index (χ1n) is 7.32. The monoisotopic (exact) mass is 225 g/mol. The van der Waals surface area contributed by atoms with Crippen molar-refractivity contribution in [1.82, 2.24) is 0 Å². The van der Waals surface area contributed by atoms with Crippen LogP contribution in [0.25, 0.3) is 0 Å².